The van der Waals surface area contributed by atoms with Gasteiger partial charge >= 0.3 is 5.97 Å². The van der Waals surface area contributed by atoms with Gasteiger partial charge in [0.15, 0.2) is 0 Å². The summed E-state index contributed by atoms with van der Waals surface area (Å²) in [5, 5.41) is 14.8. The molecule has 0 aromatic carbocycles. The molecule has 2 saturated heterocycles. The predicted molar refractivity (Wildman–Crippen MR) is 57.0 cm³/mol. The van der Waals surface area contributed by atoms with Crippen molar-refractivity contribution in [2.24, 2.45) is 0 Å². The Morgan fingerprint density at radius 1 is 1.62 bits per heavy atom. The molecule has 0 aliphatic carbocycles. The lowest BCUT2D eigenvalue weighted by molar-refractivity contribution is -0.147. The molecule has 2 aliphatic heterocycles. The monoisotopic (exact) mass is 227 g/mol. The molecule has 2 heterocycles. The van der Waals surface area contributed by atoms with Gasteiger partial charge in [0.1, 0.15) is 0 Å². The Morgan fingerprint density at radius 3 is 2.81 bits per heavy atom. The summed E-state index contributed by atoms with van der Waals surface area (Å²) in [5.74, 6) is -0.817. The number of carboxylic acid groups (broad SMARTS) is 1. The minimum Gasteiger partial charge on any atom is -0.481 e. The van der Waals surface area contributed by atoms with Gasteiger partial charge in [-0.1, -0.05) is 0 Å². The van der Waals surface area contributed by atoms with Gasteiger partial charge in [-0.05, 0) is 6.92 Å². The van der Waals surface area contributed by atoms with Crippen LogP contribution in [0.4, 0.5) is 0 Å². The van der Waals surface area contributed by atoms with Gasteiger partial charge in [0.2, 0.25) is 5.91 Å². The van der Waals surface area contributed by atoms with E-state index in [1.165, 1.54) is 0 Å². The standard InChI is InChI=1S/C10H17N3O3/c1-7-9(16)12-2-3-13(7)10(4-8(14)15)5-11-6-10/h7,11H,2-6H2,1H3,(H,12,16)(H,14,15). The summed E-state index contributed by atoms with van der Waals surface area (Å²) in [5.41, 5.74) is -0.372. The molecule has 0 saturated carbocycles. The van der Waals surface area contributed by atoms with Gasteiger partial charge in [-0.2, -0.15) is 0 Å². The van der Waals surface area contributed by atoms with Gasteiger partial charge < -0.3 is 15.7 Å². The minimum absolute atomic E-state index is 0.0112. The maximum absolute atomic E-state index is 11.6. The van der Waals surface area contributed by atoms with E-state index in [1.807, 2.05) is 11.8 Å². The van der Waals surface area contributed by atoms with Gasteiger partial charge in [-0.15, -0.1) is 0 Å². The molecule has 6 nitrogen and oxygen atoms in total. The fraction of sp³-hybridized carbons (Fsp3) is 0.800. The average Bonchev–Trinajstić information content (AvgIpc) is 2.16. The van der Waals surface area contributed by atoms with Crippen LogP contribution >= 0.6 is 0 Å². The summed E-state index contributed by atoms with van der Waals surface area (Å²) >= 11 is 0. The quantitative estimate of drug-likeness (QED) is 0.554. The van der Waals surface area contributed by atoms with Crippen molar-refractivity contribution in [1.82, 2.24) is 15.5 Å². The zero-order chi connectivity index (χ0) is 11.8. The number of amides is 1. The lowest BCUT2D eigenvalue weighted by Crippen LogP contribution is -2.74. The largest absolute Gasteiger partial charge is 0.481 e. The average molecular weight is 227 g/mol. The van der Waals surface area contributed by atoms with E-state index in [0.717, 1.165) is 6.54 Å². The minimum atomic E-state index is -0.806. The highest BCUT2D eigenvalue weighted by Gasteiger charge is 2.48. The van der Waals surface area contributed by atoms with E-state index in [-0.39, 0.29) is 23.9 Å². The summed E-state index contributed by atoms with van der Waals surface area (Å²) in [6.45, 7) is 4.46. The number of hydrogen-bond acceptors (Lipinski definition) is 4. The van der Waals surface area contributed by atoms with E-state index in [1.54, 1.807) is 0 Å². The molecule has 0 aromatic rings. The van der Waals surface area contributed by atoms with Crippen molar-refractivity contribution in [1.29, 1.82) is 0 Å². The van der Waals surface area contributed by atoms with Gasteiger partial charge in [0.25, 0.3) is 0 Å². The molecule has 0 radical (unpaired) electrons. The molecular weight excluding hydrogens is 210 g/mol. The fourth-order valence-electron chi connectivity index (χ4n) is 2.56. The van der Waals surface area contributed by atoms with Crippen LogP contribution in [0.5, 0.6) is 0 Å². The molecule has 1 atom stereocenters. The van der Waals surface area contributed by atoms with Crippen LogP contribution in [0.15, 0.2) is 0 Å². The molecule has 2 aliphatic rings. The maximum Gasteiger partial charge on any atom is 0.305 e. The summed E-state index contributed by atoms with van der Waals surface area (Å²) in [4.78, 5) is 24.5. The summed E-state index contributed by atoms with van der Waals surface area (Å²) in [6.07, 6.45) is 0.0949. The van der Waals surface area contributed by atoms with Crippen molar-refractivity contribution in [3.05, 3.63) is 0 Å². The number of carbonyl (C=O) groups is 2. The first-order valence-corrected chi connectivity index (χ1v) is 5.52. The van der Waals surface area contributed by atoms with Crippen LogP contribution in [-0.2, 0) is 9.59 Å². The van der Waals surface area contributed by atoms with Crippen LogP contribution in [0.25, 0.3) is 0 Å². The highest BCUT2D eigenvalue weighted by atomic mass is 16.4. The molecular formula is C10H17N3O3. The van der Waals surface area contributed by atoms with Crippen molar-refractivity contribution in [2.45, 2.75) is 24.9 Å². The molecule has 0 spiro atoms. The second-order valence-corrected chi connectivity index (χ2v) is 4.56. The van der Waals surface area contributed by atoms with E-state index in [9.17, 15) is 9.59 Å². The number of rotatable bonds is 3. The van der Waals surface area contributed by atoms with Gasteiger partial charge in [-0.25, -0.2) is 0 Å². The highest BCUT2D eigenvalue weighted by molar-refractivity contribution is 5.82. The third kappa shape index (κ3) is 1.78. The van der Waals surface area contributed by atoms with E-state index in [0.29, 0.717) is 19.6 Å². The lowest BCUT2D eigenvalue weighted by atomic mass is 9.84. The van der Waals surface area contributed by atoms with Crippen LogP contribution < -0.4 is 10.6 Å². The Balaban J connectivity index is 2.13. The van der Waals surface area contributed by atoms with Gasteiger partial charge in [0.05, 0.1) is 18.0 Å². The molecule has 2 fully saturated rings. The summed E-state index contributed by atoms with van der Waals surface area (Å²) < 4.78 is 0. The smallest absolute Gasteiger partial charge is 0.305 e. The second kappa shape index (κ2) is 4.03. The lowest BCUT2D eigenvalue weighted by Gasteiger charge is -2.53. The number of nitrogens with zero attached hydrogens (tertiary/aromatic N) is 1. The first-order valence-electron chi connectivity index (χ1n) is 5.52. The Kier molecular flexibility index (Phi) is 2.86. The predicted octanol–water partition coefficient (Wildman–Crippen LogP) is -1.38. The zero-order valence-electron chi connectivity index (χ0n) is 9.32. The Labute approximate surface area is 94.0 Å². The molecule has 16 heavy (non-hydrogen) atoms. The van der Waals surface area contributed by atoms with Crippen LogP contribution in [0, 0.1) is 0 Å². The SMILES string of the molecule is CC1C(=O)NCCN1C1(CC(=O)O)CNC1. The second-order valence-electron chi connectivity index (χ2n) is 4.56. The van der Waals surface area contributed by atoms with E-state index < -0.39 is 5.97 Å². The Bertz CT molecular complexity index is 314. The van der Waals surface area contributed by atoms with Gasteiger partial charge in [0, 0.05) is 26.2 Å². The highest BCUT2D eigenvalue weighted by Crippen LogP contribution is 2.28. The van der Waals surface area contributed by atoms with Gasteiger partial charge in [-0.3, -0.25) is 14.5 Å². The van der Waals surface area contributed by atoms with Crippen LogP contribution in [0.1, 0.15) is 13.3 Å². The summed E-state index contributed by atoms with van der Waals surface area (Å²) in [6, 6.07) is -0.241. The van der Waals surface area contributed by atoms with E-state index >= 15 is 0 Å². The molecule has 1 amide bonds. The number of carboxylic acids is 1. The van der Waals surface area contributed by atoms with Crippen molar-refractivity contribution >= 4 is 11.9 Å². The number of hydrogen-bond donors (Lipinski definition) is 3. The number of carbonyl (C=O) groups excluding carboxylic acids is 1. The van der Waals surface area contributed by atoms with E-state index in [4.69, 9.17) is 5.11 Å². The Hall–Kier alpha value is -1.14. The molecule has 0 aromatic heterocycles. The molecule has 6 heteroatoms. The van der Waals surface area contributed by atoms with Crippen molar-refractivity contribution in [2.75, 3.05) is 26.2 Å². The first kappa shape index (κ1) is 11.3. The number of piperazine rings is 1. The molecule has 1 unspecified atom stereocenters. The van der Waals surface area contributed by atoms with E-state index in [2.05, 4.69) is 10.6 Å². The van der Waals surface area contributed by atoms with Crippen molar-refractivity contribution in [3.8, 4) is 0 Å². The molecule has 90 valence electrons. The molecule has 2 rings (SSSR count). The zero-order valence-corrected chi connectivity index (χ0v) is 9.32. The Morgan fingerprint density at radius 2 is 2.31 bits per heavy atom. The normalized spacial score (nSPS) is 29.3. The molecule has 0 bridgehead atoms. The van der Waals surface area contributed by atoms with Crippen molar-refractivity contribution in [3.63, 3.8) is 0 Å². The fourth-order valence-corrected chi connectivity index (χ4v) is 2.56. The topological polar surface area (TPSA) is 81.7 Å². The first-order chi connectivity index (χ1) is 7.55. The van der Waals surface area contributed by atoms with Crippen LogP contribution in [0.2, 0.25) is 0 Å². The molecule has 3 N–H and O–H groups in total. The third-order valence-electron chi connectivity index (χ3n) is 3.50. The van der Waals surface area contributed by atoms with Crippen LogP contribution in [-0.4, -0.2) is 59.6 Å². The van der Waals surface area contributed by atoms with Crippen molar-refractivity contribution < 1.29 is 14.7 Å². The van der Waals surface area contributed by atoms with Crippen LogP contribution in [0.3, 0.4) is 0 Å². The third-order valence-corrected chi connectivity index (χ3v) is 3.50. The summed E-state index contributed by atoms with van der Waals surface area (Å²) in [7, 11) is 0. The number of aliphatic carboxylic acids is 1. The number of nitrogens with one attached hydrogen (secondary N) is 2. The maximum atomic E-state index is 11.6.